The molecule has 0 bridgehead atoms. The first-order valence-corrected chi connectivity index (χ1v) is 5.83. The van der Waals surface area contributed by atoms with Crippen LogP contribution >= 0.6 is 0 Å². The summed E-state index contributed by atoms with van der Waals surface area (Å²) in [4.78, 5) is 25.4. The SMILES string of the molecule is C=CCN1C(=O)C2CC=C(CC)CC2C1=O. The molecule has 1 heterocycles. The van der Waals surface area contributed by atoms with Gasteiger partial charge in [-0.15, -0.1) is 6.58 Å². The van der Waals surface area contributed by atoms with Gasteiger partial charge in [0, 0.05) is 6.54 Å². The van der Waals surface area contributed by atoms with Gasteiger partial charge in [0.2, 0.25) is 11.8 Å². The summed E-state index contributed by atoms with van der Waals surface area (Å²) in [6.45, 7) is 6.03. The topological polar surface area (TPSA) is 37.4 Å². The van der Waals surface area contributed by atoms with Gasteiger partial charge in [0.15, 0.2) is 0 Å². The summed E-state index contributed by atoms with van der Waals surface area (Å²) >= 11 is 0. The number of hydrogen-bond acceptors (Lipinski definition) is 2. The first-order valence-electron chi connectivity index (χ1n) is 5.83. The Kier molecular flexibility index (Phi) is 2.95. The van der Waals surface area contributed by atoms with E-state index in [1.54, 1.807) is 6.08 Å². The van der Waals surface area contributed by atoms with Gasteiger partial charge < -0.3 is 0 Å². The maximum absolute atomic E-state index is 12.0. The Morgan fingerprint density at radius 1 is 1.44 bits per heavy atom. The van der Waals surface area contributed by atoms with Gasteiger partial charge in [-0.25, -0.2) is 0 Å². The Labute approximate surface area is 95.8 Å². The van der Waals surface area contributed by atoms with Crippen LogP contribution in [0.3, 0.4) is 0 Å². The molecular weight excluding hydrogens is 202 g/mol. The minimum atomic E-state index is -0.109. The van der Waals surface area contributed by atoms with Crippen LogP contribution in [0.4, 0.5) is 0 Å². The van der Waals surface area contributed by atoms with E-state index in [1.807, 2.05) is 0 Å². The minimum absolute atomic E-state index is 0.00560. The number of likely N-dealkylation sites (tertiary alicyclic amines) is 1. The molecule has 1 saturated heterocycles. The van der Waals surface area contributed by atoms with E-state index in [9.17, 15) is 9.59 Å². The molecule has 0 spiro atoms. The molecule has 86 valence electrons. The van der Waals surface area contributed by atoms with Crippen LogP contribution in [0.5, 0.6) is 0 Å². The maximum Gasteiger partial charge on any atom is 0.233 e. The predicted molar refractivity (Wildman–Crippen MR) is 61.5 cm³/mol. The number of amides is 2. The van der Waals surface area contributed by atoms with E-state index in [0.29, 0.717) is 6.54 Å². The lowest BCUT2D eigenvalue weighted by molar-refractivity contribution is -0.139. The highest BCUT2D eigenvalue weighted by Crippen LogP contribution is 2.38. The number of carbonyl (C=O) groups excluding carboxylic acids is 2. The average Bonchev–Trinajstić information content (AvgIpc) is 2.54. The summed E-state index contributed by atoms with van der Waals surface area (Å²) in [6.07, 6.45) is 6.21. The molecule has 2 amide bonds. The van der Waals surface area contributed by atoms with Crippen LogP contribution in [0.1, 0.15) is 26.2 Å². The summed E-state index contributed by atoms with van der Waals surface area (Å²) in [7, 11) is 0. The quantitative estimate of drug-likeness (QED) is 0.537. The number of nitrogens with zero attached hydrogens (tertiary/aromatic N) is 1. The van der Waals surface area contributed by atoms with Crippen molar-refractivity contribution in [3.63, 3.8) is 0 Å². The molecule has 0 radical (unpaired) electrons. The van der Waals surface area contributed by atoms with Crippen LogP contribution in [-0.4, -0.2) is 23.3 Å². The standard InChI is InChI=1S/C13H17NO2/c1-3-7-14-12(15)10-6-5-9(4-2)8-11(10)13(14)16/h3,5,10-11H,1,4,6-8H2,2H3. The molecule has 16 heavy (non-hydrogen) atoms. The Morgan fingerprint density at radius 3 is 2.75 bits per heavy atom. The summed E-state index contributed by atoms with van der Waals surface area (Å²) < 4.78 is 0. The van der Waals surface area contributed by atoms with Gasteiger partial charge in [-0.05, 0) is 19.3 Å². The smallest absolute Gasteiger partial charge is 0.233 e. The minimum Gasteiger partial charge on any atom is -0.278 e. The molecule has 0 N–H and O–H groups in total. The normalized spacial score (nSPS) is 29.1. The average molecular weight is 219 g/mol. The summed E-state index contributed by atoms with van der Waals surface area (Å²) in [5, 5.41) is 0. The van der Waals surface area contributed by atoms with Crippen molar-refractivity contribution in [1.82, 2.24) is 4.90 Å². The van der Waals surface area contributed by atoms with E-state index in [-0.39, 0.29) is 23.7 Å². The molecule has 3 heteroatoms. The first-order chi connectivity index (χ1) is 7.69. The Bertz CT molecular complexity index is 370. The lowest BCUT2D eigenvalue weighted by Gasteiger charge is -2.20. The fraction of sp³-hybridized carbons (Fsp3) is 0.538. The second kappa shape index (κ2) is 4.24. The Balaban J connectivity index is 2.20. The van der Waals surface area contributed by atoms with Gasteiger partial charge in [0.05, 0.1) is 11.8 Å². The van der Waals surface area contributed by atoms with Gasteiger partial charge in [-0.3, -0.25) is 14.5 Å². The molecule has 0 aromatic heterocycles. The zero-order chi connectivity index (χ0) is 11.7. The molecule has 3 nitrogen and oxygen atoms in total. The van der Waals surface area contributed by atoms with E-state index in [4.69, 9.17) is 0 Å². The number of fused-ring (bicyclic) bond motifs is 1. The molecule has 0 aromatic rings. The van der Waals surface area contributed by atoms with E-state index in [1.165, 1.54) is 10.5 Å². The van der Waals surface area contributed by atoms with Gasteiger partial charge >= 0.3 is 0 Å². The third-order valence-corrected chi connectivity index (χ3v) is 3.56. The number of allylic oxidation sites excluding steroid dienone is 2. The van der Waals surface area contributed by atoms with Crippen LogP contribution in [0.2, 0.25) is 0 Å². The lowest BCUT2D eigenvalue weighted by atomic mass is 9.81. The predicted octanol–water partition coefficient (Wildman–Crippen LogP) is 1.90. The Hall–Kier alpha value is -1.38. The van der Waals surface area contributed by atoms with Crippen molar-refractivity contribution in [2.24, 2.45) is 11.8 Å². The van der Waals surface area contributed by atoms with E-state index < -0.39 is 0 Å². The van der Waals surface area contributed by atoms with Crippen molar-refractivity contribution in [3.05, 3.63) is 24.3 Å². The van der Waals surface area contributed by atoms with Gasteiger partial charge in [-0.2, -0.15) is 0 Å². The molecule has 2 atom stereocenters. The van der Waals surface area contributed by atoms with E-state index >= 15 is 0 Å². The first kappa shape index (κ1) is 11.1. The van der Waals surface area contributed by atoms with Crippen molar-refractivity contribution >= 4 is 11.8 Å². The van der Waals surface area contributed by atoms with Crippen LogP contribution < -0.4 is 0 Å². The molecule has 2 aliphatic rings. The fourth-order valence-corrected chi connectivity index (χ4v) is 2.60. The number of hydrogen-bond donors (Lipinski definition) is 0. The fourth-order valence-electron chi connectivity index (χ4n) is 2.60. The van der Waals surface area contributed by atoms with Crippen molar-refractivity contribution < 1.29 is 9.59 Å². The summed E-state index contributed by atoms with van der Waals surface area (Å²) in [5.74, 6) is -0.231. The van der Waals surface area contributed by atoms with Crippen molar-refractivity contribution in [2.45, 2.75) is 26.2 Å². The second-order valence-corrected chi connectivity index (χ2v) is 4.44. The Morgan fingerprint density at radius 2 is 2.12 bits per heavy atom. The highest BCUT2D eigenvalue weighted by molar-refractivity contribution is 6.05. The molecule has 1 aliphatic carbocycles. The van der Waals surface area contributed by atoms with Crippen molar-refractivity contribution in [3.8, 4) is 0 Å². The summed E-state index contributed by atoms with van der Waals surface area (Å²) in [6, 6.07) is 0. The van der Waals surface area contributed by atoms with Gasteiger partial charge in [0.25, 0.3) is 0 Å². The molecule has 1 aliphatic heterocycles. The van der Waals surface area contributed by atoms with Crippen LogP contribution in [0.25, 0.3) is 0 Å². The number of rotatable bonds is 3. The maximum atomic E-state index is 12.0. The molecule has 1 fully saturated rings. The summed E-state index contributed by atoms with van der Waals surface area (Å²) in [5.41, 5.74) is 1.31. The van der Waals surface area contributed by atoms with Crippen molar-refractivity contribution in [2.75, 3.05) is 6.54 Å². The third kappa shape index (κ3) is 1.60. The molecule has 0 aromatic carbocycles. The van der Waals surface area contributed by atoms with Gasteiger partial charge in [0.1, 0.15) is 0 Å². The number of carbonyl (C=O) groups is 2. The zero-order valence-electron chi connectivity index (χ0n) is 9.61. The third-order valence-electron chi connectivity index (χ3n) is 3.56. The van der Waals surface area contributed by atoms with Gasteiger partial charge in [-0.1, -0.05) is 24.6 Å². The highest BCUT2D eigenvalue weighted by atomic mass is 16.2. The lowest BCUT2D eigenvalue weighted by Crippen LogP contribution is -2.31. The number of imide groups is 1. The highest BCUT2D eigenvalue weighted by Gasteiger charge is 2.47. The monoisotopic (exact) mass is 219 g/mol. The largest absolute Gasteiger partial charge is 0.278 e. The molecule has 2 unspecified atom stereocenters. The van der Waals surface area contributed by atoms with E-state index in [2.05, 4.69) is 19.6 Å². The molecule has 2 rings (SSSR count). The van der Waals surface area contributed by atoms with Crippen LogP contribution in [0, 0.1) is 11.8 Å². The second-order valence-electron chi connectivity index (χ2n) is 4.44. The molecular formula is C13H17NO2. The zero-order valence-corrected chi connectivity index (χ0v) is 9.61. The molecule has 0 saturated carbocycles. The van der Waals surface area contributed by atoms with E-state index in [0.717, 1.165) is 19.3 Å². The van der Waals surface area contributed by atoms with Crippen LogP contribution in [-0.2, 0) is 9.59 Å². The van der Waals surface area contributed by atoms with Crippen molar-refractivity contribution in [1.29, 1.82) is 0 Å². The van der Waals surface area contributed by atoms with Crippen LogP contribution in [0.15, 0.2) is 24.3 Å².